The molecule has 1 aliphatic heterocycles. The van der Waals surface area contributed by atoms with Crippen LogP contribution >= 0.6 is 11.6 Å². The van der Waals surface area contributed by atoms with Crippen molar-refractivity contribution in [2.24, 2.45) is 0 Å². The van der Waals surface area contributed by atoms with Gasteiger partial charge in [-0.25, -0.2) is 4.98 Å². The number of aromatic nitrogens is 1. The molecule has 0 saturated carbocycles. The Labute approximate surface area is 114 Å². The van der Waals surface area contributed by atoms with E-state index in [4.69, 9.17) is 21.1 Å². The lowest BCUT2D eigenvalue weighted by Gasteiger charge is -2.28. The van der Waals surface area contributed by atoms with Crippen LogP contribution in [0.15, 0.2) is 0 Å². The van der Waals surface area contributed by atoms with Gasteiger partial charge in [-0.3, -0.25) is 0 Å². The highest BCUT2D eigenvalue weighted by molar-refractivity contribution is 6.31. The summed E-state index contributed by atoms with van der Waals surface area (Å²) >= 11 is 5.81. The van der Waals surface area contributed by atoms with E-state index in [9.17, 15) is 8.78 Å². The number of nitrogens with zero attached hydrogens (tertiary/aromatic N) is 2. The maximum Gasteiger partial charge on any atom is 0.207 e. The van der Waals surface area contributed by atoms with Crippen molar-refractivity contribution in [2.75, 3.05) is 45.1 Å². The van der Waals surface area contributed by atoms with Crippen molar-refractivity contribution < 1.29 is 23.0 Å². The molecule has 0 atom stereocenters. The summed E-state index contributed by atoms with van der Waals surface area (Å²) in [4.78, 5) is 5.43. The van der Waals surface area contributed by atoms with E-state index in [1.165, 1.54) is 7.11 Å². The molecule has 106 valence electrons. The second kappa shape index (κ2) is 6.31. The van der Waals surface area contributed by atoms with E-state index >= 15 is 0 Å². The Bertz CT molecular complexity index is 456. The molecule has 5 nitrogen and oxygen atoms in total. The lowest BCUT2D eigenvalue weighted by atomic mass is 10.3. The Kier molecular flexibility index (Phi) is 4.73. The van der Waals surface area contributed by atoms with Crippen molar-refractivity contribution in [2.45, 2.75) is 0 Å². The first kappa shape index (κ1) is 14.2. The standard InChI is InChI=1S/C11H13ClF2N2O3/c1-17-6-19-9-7(13)8(14)11(15-10(9)12)16-2-4-18-5-3-16/h2-6H2,1H3. The van der Waals surface area contributed by atoms with Crippen molar-refractivity contribution in [3.05, 3.63) is 16.8 Å². The van der Waals surface area contributed by atoms with E-state index in [-0.39, 0.29) is 17.8 Å². The van der Waals surface area contributed by atoms with Gasteiger partial charge < -0.3 is 19.1 Å². The highest BCUT2D eigenvalue weighted by Crippen LogP contribution is 2.33. The number of hydrogen-bond donors (Lipinski definition) is 0. The molecule has 2 heterocycles. The third-order valence-electron chi connectivity index (χ3n) is 2.61. The van der Waals surface area contributed by atoms with Crippen LogP contribution in [0.1, 0.15) is 0 Å². The zero-order chi connectivity index (χ0) is 13.8. The topological polar surface area (TPSA) is 43.8 Å². The minimum Gasteiger partial charge on any atom is -0.461 e. The third-order valence-corrected chi connectivity index (χ3v) is 2.87. The first-order valence-electron chi connectivity index (χ1n) is 5.64. The molecule has 1 aromatic rings. The van der Waals surface area contributed by atoms with Crippen molar-refractivity contribution in [3.8, 4) is 5.75 Å². The summed E-state index contributed by atoms with van der Waals surface area (Å²) in [6.07, 6.45) is 0. The van der Waals surface area contributed by atoms with Crippen LogP contribution in [-0.2, 0) is 9.47 Å². The number of anilines is 1. The number of rotatable bonds is 4. The van der Waals surface area contributed by atoms with Crippen molar-refractivity contribution in [1.29, 1.82) is 0 Å². The number of methoxy groups -OCH3 is 1. The summed E-state index contributed by atoms with van der Waals surface area (Å²) in [5.41, 5.74) is 0. The smallest absolute Gasteiger partial charge is 0.207 e. The van der Waals surface area contributed by atoms with E-state index in [2.05, 4.69) is 9.72 Å². The Balaban J connectivity index is 2.30. The molecular formula is C11H13ClF2N2O3. The molecule has 0 aromatic carbocycles. The van der Waals surface area contributed by atoms with Crippen LogP contribution in [0.3, 0.4) is 0 Å². The monoisotopic (exact) mass is 294 g/mol. The molecule has 19 heavy (non-hydrogen) atoms. The second-order valence-corrected chi connectivity index (χ2v) is 4.19. The molecule has 0 spiro atoms. The lowest BCUT2D eigenvalue weighted by Crippen LogP contribution is -2.37. The number of pyridine rings is 1. The molecule has 0 radical (unpaired) electrons. The lowest BCUT2D eigenvalue weighted by molar-refractivity contribution is 0.0475. The van der Waals surface area contributed by atoms with Gasteiger partial charge in [0.25, 0.3) is 0 Å². The van der Waals surface area contributed by atoms with Crippen molar-refractivity contribution >= 4 is 17.4 Å². The zero-order valence-corrected chi connectivity index (χ0v) is 11.0. The number of morpholine rings is 1. The molecule has 1 aliphatic rings. The van der Waals surface area contributed by atoms with Gasteiger partial charge in [0.1, 0.15) is 0 Å². The summed E-state index contributed by atoms with van der Waals surface area (Å²) in [6.45, 7) is 1.48. The summed E-state index contributed by atoms with van der Waals surface area (Å²) in [5.74, 6) is -2.83. The molecule has 2 rings (SSSR count). The quantitative estimate of drug-likeness (QED) is 0.626. The van der Waals surface area contributed by atoms with E-state index in [0.717, 1.165) is 0 Å². The average Bonchev–Trinajstić information content (AvgIpc) is 2.44. The van der Waals surface area contributed by atoms with Gasteiger partial charge >= 0.3 is 0 Å². The zero-order valence-electron chi connectivity index (χ0n) is 10.3. The van der Waals surface area contributed by atoms with Gasteiger partial charge in [-0.2, -0.15) is 8.78 Å². The first-order valence-corrected chi connectivity index (χ1v) is 6.02. The Hall–Kier alpha value is -1.18. The Morgan fingerprint density at radius 2 is 2.00 bits per heavy atom. The second-order valence-electron chi connectivity index (χ2n) is 3.83. The van der Waals surface area contributed by atoms with Crippen molar-refractivity contribution in [1.82, 2.24) is 4.98 Å². The van der Waals surface area contributed by atoms with E-state index in [1.54, 1.807) is 4.90 Å². The third kappa shape index (κ3) is 3.05. The molecule has 0 N–H and O–H groups in total. The summed E-state index contributed by atoms with van der Waals surface area (Å²) in [7, 11) is 1.36. The van der Waals surface area contributed by atoms with Gasteiger partial charge in [0.05, 0.1) is 13.2 Å². The molecular weight excluding hydrogens is 282 g/mol. The molecule has 0 amide bonds. The highest BCUT2D eigenvalue weighted by Gasteiger charge is 2.25. The van der Waals surface area contributed by atoms with Crippen LogP contribution in [0.4, 0.5) is 14.6 Å². The molecule has 0 bridgehead atoms. The maximum atomic E-state index is 14.0. The van der Waals surface area contributed by atoms with Crippen LogP contribution < -0.4 is 9.64 Å². The first-order chi connectivity index (χ1) is 9.15. The Morgan fingerprint density at radius 1 is 1.32 bits per heavy atom. The molecule has 1 saturated heterocycles. The fraction of sp³-hybridized carbons (Fsp3) is 0.545. The fourth-order valence-corrected chi connectivity index (χ4v) is 1.92. The molecule has 8 heteroatoms. The van der Waals surface area contributed by atoms with Gasteiger partial charge in [0, 0.05) is 20.2 Å². The molecule has 0 aliphatic carbocycles. The van der Waals surface area contributed by atoms with E-state index in [0.29, 0.717) is 26.3 Å². The average molecular weight is 295 g/mol. The maximum absolute atomic E-state index is 14.0. The summed E-state index contributed by atoms with van der Waals surface area (Å²) < 4.78 is 42.4. The minimum absolute atomic E-state index is 0.129. The van der Waals surface area contributed by atoms with Gasteiger partial charge in [-0.15, -0.1) is 0 Å². The minimum atomic E-state index is -1.17. The SMILES string of the molecule is COCOc1c(Cl)nc(N2CCOCC2)c(F)c1F. The number of halogens is 3. The Morgan fingerprint density at radius 3 is 2.63 bits per heavy atom. The van der Waals surface area contributed by atoms with Crippen molar-refractivity contribution in [3.63, 3.8) is 0 Å². The highest BCUT2D eigenvalue weighted by atomic mass is 35.5. The van der Waals surface area contributed by atoms with Gasteiger partial charge in [-0.1, -0.05) is 11.6 Å². The van der Waals surface area contributed by atoms with Crippen LogP contribution in [0.25, 0.3) is 0 Å². The van der Waals surface area contributed by atoms with Crippen LogP contribution in [0.5, 0.6) is 5.75 Å². The summed E-state index contributed by atoms with van der Waals surface area (Å²) in [6, 6.07) is 0. The fourth-order valence-electron chi connectivity index (χ4n) is 1.71. The van der Waals surface area contributed by atoms with Crippen LogP contribution in [0.2, 0.25) is 5.15 Å². The van der Waals surface area contributed by atoms with Gasteiger partial charge in [0.2, 0.25) is 11.6 Å². The summed E-state index contributed by atoms with van der Waals surface area (Å²) in [5, 5.41) is -0.238. The number of ether oxygens (including phenoxy) is 3. The normalized spacial score (nSPS) is 15.7. The number of hydrogen-bond acceptors (Lipinski definition) is 5. The van der Waals surface area contributed by atoms with Gasteiger partial charge in [-0.05, 0) is 0 Å². The van der Waals surface area contributed by atoms with Crippen LogP contribution in [0, 0.1) is 11.6 Å². The predicted molar refractivity (Wildman–Crippen MR) is 64.7 cm³/mol. The molecule has 1 fully saturated rings. The van der Waals surface area contributed by atoms with Gasteiger partial charge in [0.15, 0.2) is 23.5 Å². The van der Waals surface area contributed by atoms with Crippen LogP contribution in [-0.4, -0.2) is 45.2 Å². The molecule has 0 unspecified atom stereocenters. The molecule has 1 aromatic heterocycles. The van der Waals surface area contributed by atoms with E-state index < -0.39 is 17.4 Å². The largest absolute Gasteiger partial charge is 0.461 e. The predicted octanol–water partition coefficient (Wildman–Crippen LogP) is 1.83. The van der Waals surface area contributed by atoms with E-state index in [1.807, 2.05) is 0 Å².